The molecule has 1 saturated heterocycles. The summed E-state index contributed by atoms with van der Waals surface area (Å²) in [6.07, 6.45) is 0.915. The van der Waals surface area contributed by atoms with E-state index in [0.29, 0.717) is 25.1 Å². The number of likely N-dealkylation sites (tertiary alicyclic amines) is 1. The van der Waals surface area contributed by atoms with Crippen LogP contribution in [0.25, 0.3) is 0 Å². The van der Waals surface area contributed by atoms with Gasteiger partial charge in [-0.1, -0.05) is 13.0 Å². The van der Waals surface area contributed by atoms with Gasteiger partial charge in [-0.2, -0.15) is 0 Å². The molecule has 2 aliphatic carbocycles. The predicted molar refractivity (Wildman–Crippen MR) is 124 cm³/mol. The first-order valence-corrected chi connectivity index (χ1v) is 12.3. The number of hydrogen-bond acceptors (Lipinski definition) is 9. The van der Waals surface area contributed by atoms with Gasteiger partial charge in [-0.05, 0) is 57.5 Å². The van der Waals surface area contributed by atoms with Crippen LogP contribution in [0, 0.1) is 5.92 Å². The Kier molecular flexibility index (Phi) is 5.79. The van der Waals surface area contributed by atoms with Gasteiger partial charge in [0.2, 0.25) is 0 Å². The highest BCUT2D eigenvalue weighted by Gasteiger charge is 2.72. The minimum absolute atomic E-state index is 0.0272. The van der Waals surface area contributed by atoms with Crippen LogP contribution in [0.2, 0.25) is 0 Å². The zero-order valence-corrected chi connectivity index (χ0v) is 20.5. The van der Waals surface area contributed by atoms with Crippen molar-refractivity contribution in [2.75, 3.05) is 13.6 Å². The average Bonchev–Trinajstić information content (AvgIpc) is 3.19. The second-order valence-corrected chi connectivity index (χ2v) is 10.4. The van der Waals surface area contributed by atoms with E-state index in [0.717, 1.165) is 11.1 Å². The molecule has 194 valence electrons. The summed E-state index contributed by atoms with van der Waals surface area (Å²) in [4.78, 5) is 38.1. The van der Waals surface area contributed by atoms with E-state index in [1.807, 2.05) is 13.1 Å². The Bertz CT molecular complexity index is 1160. The lowest BCUT2D eigenvalue weighted by Gasteiger charge is -2.61. The van der Waals surface area contributed by atoms with Crippen LogP contribution in [0.5, 0.6) is 11.5 Å². The van der Waals surface area contributed by atoms with Crippen molar-refractivity contribution < 1.29 is 43.9 Å². The van der Waals surface area contributed by atoms with Gasteiger partial charge in [0.15, 0.2) is 23.7 Å². The first-order valence-electron chi connectivity index (χ1n) is 12.3. The summed E-state index contributed by atoms with van der Waals surface area (Å²) in [5.41, 5.74) is -0.282. The summed E-state index contributed by atoms with van der Waals surface area (Å²) in [6.45, 7) is 3.63. The molecule has 0 amide bonds. The van der Waals surface area contributed by atoms with Crippen LogP contribution in [0.15, 0.2) is 24.0 Å². The molecule has 2 aliphatic heterocycles. The van der Waals surface area contributed by atoms with E-state index in [1.165, 1.54) is 6.92 Å². The van der Waals surface area contributed by atoms with Crippen molar-refractivity contribution in [1.82, 2.24) is 4.90 Å². The first kappa shape index (κ1) is 24.6. The van der Waals surface area contributed by atoms with Crippen molar-refractivity contribution in [3.63, 3.8) is 0 Å². The summed E-state index contributed by atoms with van der Waals surface area (Å²) >= 11 is 0. The van der Waals surface area contributed by atoms with Crippen LogP contribution >= 0.6 is 0 Å². The van der Waals surface area contributed by atoms with E-state index >= 15 is 0 Å². The van der Waals surface area contributed by atoms with Gasteiger partial charge in [0.05, 0.1) is 16.9 Å². The van der Waals surface area contributed by atoms with Gasteiger partial charge < -0.3 is 34.4 Å². The van der Waals surface area contributed by atoms with Crippen LogP contribution in [-0.4, -0.2) is 75.6 Å². The Morgan fingerprint density at radius 3 is 2.72 bits per heavy atom. The highest BCUT2D eigenvalue weighted by molar-refractivity contribution is 5.81. The van der Waals surface area contributed by atoms with E-state index in [1.54, 1.807) is 19.1 Å². The van der Waals surface area contributed by atoms with Crippen molar-refractivity contribution in [2.24, 2.45) is 5.92 Å². The maximum atomic E-state index is 12.9. The standard InChI is InChI=1S/C26H31NO9/c1-13(4-7-19(29)30)23(31)34-14(2)24(32)35-17-8-9-26(33)18-12-15-5-6-16(28)21-20(15)25(26,22(17)36-21)10-11-27(18)3/h5-6,8,13-14,18,22,28,33H,4,7,9-12H2,1-3H3,(H,29,30)/t13-,14-,18+,22-,25-,26+/m0/s1. The molecular formula is C26H31NO9. The number of phenols is 1. The van der Waals surface area contributed by atoms with Crippen molar-refractivity contribution in [1.29, 1.82) is 0 Å². The molecule has 2 heterocycles. The Morgan fingerprint density at radius 2 is 2.00 bits per heavy atom. The quantitative estimate of drug-likeness (QED) is 0.472. The van der Waals surface area contributed by atoms with Crippen LogP contribution in [0.3, 0.4) is 0 Å². The third kappa shape index (κ3) is 3.42. The smallest absolute Gasteiger partial charge is 0.352 e. The van der Waals surface area contributed by atoms with Gasteiger partial charge in [0, 0.05) is 24.4 Å². The number of benzene rings is 1. The number of likely N-dealkylation sites (N-methyl/N-ethyl adjacent to an activating group) is 1. The lowest BCUT2D eigenvalue weighted by atomic mass is 9.50. The Hall–Kier alpha value is -3.11. The Morgan fingerprint density at radius 1 is 1.25 bits per heavy atom. The number of rotatable bonds is 7. The number of carbonyl (C=O) groups excluding carboxylic acids is 2. The molecule has 2 bridgehead atoms. The van der Waals surface area contributed by atoms with Crippen LogP contribution in [0.4, 0.5) is 0 Å². The van der Waals surface area contributed by atoms with Crippen molar-refractivity contribution in [2.45, 2.75) is 75.2 Å². The zero-order chi connectivity index (χ0) is 26.0. The summed E-state index contributed by atoms with van der Waals surface area (Å²) in [5.74, 6) is -2.68. The number of piperidine rings is 1. The first-order chi connectivity index (χ1) is 17.0. The largest absolute Gasteiger partial charge is 0.504 e. The second-order valence-electron chi connectivity index (χ2n) is 10.4. The Labute approximate surface area is 208 Å². The van der Waals surface area contributed by atoms with Gasteiger partial charge in [-0.15, -0.1) is 0 Å². The number of aliphatic carboxylic acids is 1. The fourth-order valence-corrected chi connectivity index (χ4v) is 6.43. The number of phenolic OH excluding ortho intramolecular Hbond substituents is 1. The normalized spacial score (nSPS) is 31.4. The molecular weight excluding hydrogens is 470 g/mol. The molecule has 0 unspecified atom stereocenters. The van der Waals surface area contributed by atoms with E-state index < -0.39 is 47.0 Å². The lowest BCUT2D eigenvalue weighted by molar-refractivity contribution is -0.176. The number of nitrogens with zero attached hydrogens (tertiary/aromatic N) is 1. The number of hydrogen-bond donors (Lipinski definition) is 3. The third-order valence-corrected chi connectivity index (χ3v) is 8.39. The zero-order valence-electron chi connectivity index (χ0n) is 20.5. The molecule has 6 atom stereocenters. The van der Waals surface area contributed by atoms with Gasteiger partial charge in [-0.25, -0.2) is 4.79 Å². The highest BCUT2D eigenvalue weighted by atomic mass is 16.6. The number of carbonyl (C=O) groups is 3. The number of carboxylic acid groups (broad SMARTS) is 1. The minimum atomic E-state index is -1.23. The molecule has 1 spiro atoms. The fraction of sp³-hybridized carbons (Fsp3) is 0.577. The summed E-state index contributed by atoms with van der Waals surface area (Å²) in [5, 5.41) is 31.5. The molecule has 4 aliphatic rings. The minimum Gasteiger partial charge on any atom is -0.504 e. The van der Waals surface area contributed by atoms with Crippen LogP contribution < -0.4 is 4.74 Å². The maximum absolute atomic E-state index is 12.9. The number of aromatic hydroxyl groups is 1. The highest BCUT2D eigenvalue weighted by Crippen LogP contribution is 2.65. The molecule has 0 radical (unpaired) electrons. The second kappa shape index (κ2) is 8.48. The number of carboxylic acids is 1. The number of ether oxygens (including phenoxy) is 3. The molecule has 0 aromatic heterocycles. The molecule has 1 aromatic carbocycles. The van der Waals surface area contributed by atoms with Crippen LogP contribution in [0.1, 0.15) is 50.7 Å². The average molecular weight is 502 g/mol. The SMILES string of the molecule is C[C@H](OC(=O)[C@@H](C)CCC(=O)O)C(=O)OC1=CC[C@@]2(O)[C@H]3Cc4ccc(O)c5c4[C@@]2(CCN3C)[C@H]1O5. The van der Waals surface area contributed by atoms with E-state index in [-0.39, 0.29) is 36.8 Å². The lowest BCUT2D eigenvalue weighted by Crippen LogP contribution is -2.74. The number of esters is 2. The molecule has 5 rings (SSSR count). The monoisotopic (exact) mass is 501 g/mol. The van der Waals surface area contributed by atoms with Crippen LogP contribution in [-0.2, 0) is 35.7 Å². The maximum Gasteiger partial charge on any atom is 0.352 e. The Balaban J connectivity index is 1.39. The molecule has 0 saturated carbocycles. The van der Waals surface area contributed by atoms with Crippen molar-refractivity contribution >= 4 is 17.9 Å². The third-order valence-electron chi connectivity index (χ3n) is 8.39. The van der Waals surface area contributed by atoms with Gasteiger partial charge in [-0.3, -0.25) is 9.59 Å². The topological polar surface area (TPSA) is 143 Å². The van der Waals surface area contributed by atoms with Crippen molar-refractivity contribution in [3.8, 4) is 11.5 Å². The molecule has 36 heavy (non-hydrogen) atoms. The summed E-state index contributed by atoms with van der Waals surface area (Å²) in [7, 11) is 1.99. The van der Waals surface area contributed by atoms with Gasteiger partial charge in [0.25, 0.3) is 0 Å². The summed E-state index contributed by atoms with van der Waals surface area (Å²) in [6, 6.07) is 3.29. The molecule has 10 heteroatoms. The van der Waals surface area contributed by atoms with Gasteiger partial charge in [0.1, 0.15) is 5.76 Å². The molecule has 1 aromatic rings. The van der Waals surface area contributed by atoms with Crippen molar-refractivity contribution in [3.05, 3.63) is 35.1 Å². The molecule has 10 nitrogen and oxygen atoms in total. The fourth-order valence-electron chi connectivity index (χ4n) is 6.43. The summed E-state index contributed by atoms with van der Waals surface area (Å²) < 4.78 is 17.2. The van der Waals surface area contributed by atoms with E-state index in [4.69, 9.17) is 19.3 Å². The van der Waals surface area contributed by atoms with E-state index in [2.05, 4.69) is 4.90 Å². The van der Waals surface area contributed by atoms with Gasteiger partial charge >= 0.3 is 17.9 Å². The van der Waals surface area contributed by atoms with E-state index in [9.17, 15) is 24.6 Å². The predicted octanol–water partition coefficient (Wildman–Crippen LogP) is 1.65. The number of aliphatic hydroxyl groups is 1. The molecule has 3 N–H and O–H groups in total. The molecule has 1 fully saturated rings.